The minimum absolute atomic E-state index is 0.301. The molecule has 0 saturated carbocycles. The van der Waals surface area contributed by atoms with Crippen molar-refractivity contribution in [2.45, 2.75) is 6.92 Å². The monoisotopic (exact) mass is 379 g/mol. The lowest BCUT2D eigenvalue weighted by Crippen LogP contribution is -2.04. The van der Waals surface area contributed by atoms with Crippen molar-refractivity contribution in [3.63, 3.8) is 0 Å². The van der Waals surface area contributed by atoms with Gasteiger partial charge >= 0.3 is 5.97 Å². The normalized spacial score (nSPS) is 10.5. The third-order valence-electron chi connectivity index (χ3n) is 1.84. The predicted octanol–water partition coefficient (Wildman–Crippen LogP) is 4.10. The molecule has 0 aliphatic rings. The SMILES string of the molecule is CCOC(=O)c1csc(-c2cc(Br)c(Br)o2)n1. The summed E-state index contributed by atoms with van der Waals surface area (Å²) in [6.45, 7) is 2.09. The number of hydrogen-bond donors (Lipinski definition) is 0. The number of rotatable bonds is 3. The first-order valence-electron chi connectivity index (χ1n) is 4.69. The van der Waals surface area contributed by atoms with Crippen molar-refractivity contribution < 1.29 is 13.9 Å². The number of nitrogens with zero attached hydrogens (tertiary/aromatic N) is 1. The van der Waals surface area contributed by atoms with Crippen LogP contribution < -0.4 is 0 Å². The summed E-state index contributed by atoms with van der Waals surface area (Å²) in [6, 6.07) is 1.79. The third-order valence-corrected chi connectivity index (χ3v) is 4.41. The maximum absolute atomic E-state index is 11.4. The Morgan fingerprint density at radius 2 is 2.35 bits per heavy atom. The minimum Gasteiger partial charge on any atom is -0.461 e. The number of carbonyl (C=O) groups excluding carboxylic acids is 1. The first-order valence-corrected chi connectivity index (χ1v) is 7.16. The number of esters is 1. The standard InChI is InChI=1S/C10H7Br2NO3S/c1-2-15-10(14)6-4-17-9(13-6)7-3-5(11)8(12)16-7/h3-4H,2H2,1H3. The summed E-state index contributed by atoms with van der Waals surface area (Å²) < 4.78 is 11.7. The predicted molar refractivity (Wildman–Crippen MR) is 71.2 cm³/mol. The van der Waals surface area contributed by atoms with E-state index >= 15 is 0 Å². The van der Waals surface area contributed by atoms with Crippen molar-refractivity contribution >= 4 is 49.2 Å². The fourth-order valence-corrected chi connectivity index (χ4v) is 2.46. The van der Waals surface area contributed by atoms with Crippen molar-refractivity contribution in [3.05, 3.63) is 26.3 Å². The van der Waals surface area contributed by atoms with Gasteiger partial charge in [-0.05, 0) is 38.8 Å². The maximum Gasteiger partial charge on any atom is 0.357 e. The molecule has 2 rings (SSSR count). The van der Waals surface area contributed by atoms with E-state index in [-0.39, 0.29) is 0 Å². The number of hydrogen-bond acceptors (Lipinski definition) is 5. The van der Waals surface area contributed by atoms with E-state index in [9.17, 15) is 4.79 Å². The molecule has 0 unspecified atom stereocenters. The molecule has 0 saturated heterocycles. The molecule has 2 aromatic heterocycles. The van der Waals surface area contributed by atoms with Gasteiger partial charge in [0, 0.05) is 11.4 Å². The van der Waals surface area contributed by atoms with Gasteiger partial charge in [-0.1, -0.05) is 0 Å². The van der Waals surface area contributed by atoms with Crippen LogP contribution in [0.5, 0.6) is 0 Å². The molecule has 0 atom stereocenters. The fourth-order valence-electron chi connectivity index (χ4n) is 1.14. The van der Waals surface area contributed by atoms with Crippen LogP contribution in [0.15, 0.2) is 25.0 Å². The van der Waals surface area contributed by atoms with Crippen molar-refractivity contribution in [1.82, 2.24) is 4.98 Å². The lowest BCUT2D eigenvalue weighted by atomic mass is 10.4. The molecule has 4 nitrogen and oxygen atoms in total. The zero-order valence-electron chi connectivity index (χ0n) is 8.70. The first kappa shape index (κ1) is 12.8. The van der Waals surface area contributed by atoms with Crippen LogP contribution in [0.3, 0.4) is 0 Å². The van der Waals surface area contributed by atoms with Crippen LogP contribution in [0.25, 0.3) is 10.8 Å². The van der Waals surface area contributed by atoms with Crippen LogP contribution in [0.4, 0.5) is 0 Å². The number of halogens is 2. The van der Waals surface area contributed by atoms with E-state index in [2.05, 4.69) is 36.8 Å². The number of carbonyl (C=O) groups is 1. The summed E-state index contributed by atoms with van der Waals surface area (Å²) in [6.07, 6.45) is 0. The minimum atomic E-state index is -0.417. The van der Waals surface area contributed by atoms with E-state index < -0.39 is 5.97 Å². The summed E-state index contributed by atoms with van der Waals surface area (Å²) in [4.78, 5) is 15.6. The van der Waals surface area contributed by atoms with Gasteiger partial charge in [0.15, 0.2) is 21.1 Å². The third kappa shape index (κ3) is 2.78. The van der Waals surface area contributed by atoms with Gasteiger partial charge in [-0.2, -0.15) is 0 Å². The molecule has 17 heavy (non-hydrogen) atoms. The zero-order chi connectivity index (χ0) is 12.4. The van der Waals surface area contributed by atoms with E-state index in [1.807, 2.05) is 0 Å². The molecule has 0 fully saturated rings. The van der Waals surface area contributed by atoms with Crippen LogP contribution in [0.2, 0.25) is 0 Å². The molecule has 90 valence electrons. The first-order chi connectivity index (χ1) is 8.11. The Labute approximate surface area is 118 Å². The Hall–Kier alpha value is -0.660. The smallest absolute Gasteiger partial charge is 0.357 e. The highest BCUT2D eigenvalue weighted by Gasteiger charge is 2.16. The molecule has 7 heteroatoms. The average Bonchev–Trinajstić information content (AvgIpc) is 2.87. The Morgan fingerprint density at radius 1 is 1.59 bits per heavy atom. The highest BCUT2D eigenvalue weighted by molar-refractivity contribution is 9.13. The number of furan rings is 1. The number of thiazole rings is 1. The second-order valence-electron chi connectivity index (χ2n) is 2.99. The molecule has 0 aromatic carbocycles. The van der Waals surface area contributed by atoms with E-state index in [1.165, 1.54) is 11.3 Å². The van der Waals surface area contributed by atoms with Crippen LogP contribution in [0.1, 0.15) is 17.4 Å². The van der Waals surface area contributed by atoms with Crippen molar-refractivity contribution in [1.29, 1.82) is 0 Å². The highest BCUT2D eigenvalue weighted by atomic mass is 79.9. The summed E-state index contributed by atoms with van der Waals surface area (Å²) in [5.74, 6) is 0.184. The Morgan fingerprint density at radius 3 is 2.94 bits per heavy atom. The molecule has 0 radical (unpaired) electrons. The van der Waals surface area contributed by atoms with Crippen molar-refractivity contribution in [3.8, 4) is 10.8 Å². The lowest BCUT2D eigenvalue weighted by Gasteiger charge is -1.95. The maximum atomic E-state index is 11.4. The van der Waals surface area contributed by atoms with E-state index in [0.717, 1.165) is 4.47 Å². The molecule has 0 aliphatic carbocycles. The zero-order valence-corrected chi connectivity index (χ0v) is 12.7. The van der Waals surface area contributed by atoms with E-state index in [4.69, 9.17) is 9.15 Å². The number of aromatic nitrogens is 1. The lowest BCUT2D eigenvalue weighted by molar-refractivity contribution is 0.0520. The number of ether oxygens (including phenoxy) is 1. The summed E-state index contributed by atoms with van der Waals surface area (Å²) in [7, 11) is 0. The molecular formula is C10H7Br2NO3S. The molecule has 0 aliphatic heterocycles. The molecule has 0 N–H and O–H groups in total. The van der Waals surface area contributed by atoms with Crippen molar-refractivity contribution in [2.75, 3.05) is 6.61 Å². The van der Waals surface area contributed by atoms with Crippen LogP contribution in [0, 0.1) is 0 Å². The van der Waals surface area contributed by atoms with Crippen LogP contribution in [-0.4, -0.2) is 17.6 Å². The average molecular weight is 381 g/mol. The van der Waals surface area contributed by atoms with Crippen LogP contribution in [-0.2, 0) is 4.74 Å². The van der Waals surface area contributed by atoms with Gasteiger partial charge in [0.05, 0.1) is 11.1 Å². The quantitative estimate of drug-likeness (QED) is 0.752. The van der Waals surface area contributed by atoms with E-state index in [1.54, 1.807) is 18.4 Å². The summed E-state index contributed by atoms with van der Waals surface area (Å²) in [5.41, 5.74) is 0.301. The second-order valence-corrected chi connectivity index (χ2v) is 5.42. The molecule has 0 bridgehead atoms. The van der Waals surface area contributed by atoms with E-state index in [0.29, 0.717) is 27.7 Å². The van der Waals surface area contributed by atoms with Gasteiger partial charge in [0.1, 0.15) is 0 Å². The van der Waals surface area contributed by atoms with Gasteiger partial charge in [-0.3, -0.25) is 0 Å². The topological polar surface area (TPSA) is 52.3 Å². The molecule has 2 heterocycles. The Bertz CT molecular complexity index is 530. The van der Waals surface area contributed by atoms with Crippen molar-refractivity contribution in [2.24, 2.45) is 0 Å². The largest absolute Gasteiger partial charge is 0.461 e. The Kier molecular flexibility index (Phi) is 4.01. The molecule has 0 amide bonds. The molecular weight excluding hydrogens is 374 g/mol. The van der Waals surface area contributed by atoms with Gasteiger partial charge in [0.25, 0.3) is 0 Å². The Balaban J connectivity index is 2.26. The van der Waals surface area contributed by atoms with Gasteiger partial charge in [-0.25, -0.2) is 9.78 Å². The van der Waals surface area contributed by atoms with Gasteiger partial charge in [-0.15, -0.1) is 11.3 Å². The molecule has 0 spiro atoms. The van der Waals surface area contributed by atoms with Gasteiger partial charge < -0.3 is 9.15 Å². The highest BCUT2D eigenvalue weighted by Crippen LogP contribution is 2.34. The van der Waals surface area contributed by atoms with Gasteiger partial charge in [0.2, 0.25) is 0 Å². The van der Waals surface area contributed by atoms with Crippen LogP contribution >= 0.6 is 43.2 Å². The fraction of sp³-hybridized carbons (Fsp3) is 0.200. The second kappa shape index (κ2) is 5.32. The summed E-state index contributed by atoms with van der Waals surface area (Å²) in [5, 5.41) is 2.29. The molecule has 2 aromatic rings. The summed E-state index contributed by atoms with van der Waals surface area (Å²) >= 11 is 7.90.